The number of allylic oxidation sites excluding steroid dienone is 1. The lowest BCUT2D eigenvalue weighted by Crippen LogP contribution is -2.15. The third-order valence-corrected chi connectivity index (χ3v) is 1.11. The summed E-state index contributed by atoms with van der Waals surface area (Å²) in [5, 5.41) is 0. The largest absolute Gasteiger partial charge is 0.479 e. The van der Waals surface area contributed by atoms with E-state index in [0.717, 1.165) is 12.5 Å². The quantitative estimate of drug-likeness (QED) is 0.559. The minimum absolute atomic E-state index is 0.735. The summed E-state index contributed by atoms with van der Waals surface area (Å²) in [6.07, 6.45) is 0. The van der Waals surface area contributed by atoms with Crippen LogP contribution in [0.15, 0.2) is 11.5 Å². The average molecular weight is 143 g/mol. The van der Waals surface area contributed by atoms with Gasteiger partial charge in [0.25, 0.3) is 0 Å². The molecule has 0 unspecified atom stereocenters. The van der Waals surface area contributed by atoms with E-state index in [-0.39, 0.29) is 0 Å². The normalized spacial score (nSPS) is 8.90. The molecule has 0 aliphatic carbocycles. The summed E-state index contributed by atoms with van der Waals surface area (Å²) in [7, 11) is 3.97. The Morgan fingerprint density at radius 1 is 1.30 bits per heavy atom. The molecule has 0 aliphatic heterocycles. The van der Waals surface area contributed by atoms with Crippen molar-refractivity contribution < 1.29 is 4.74 Å². The molecule has 0 saturated carbocycles. The number of hydrogen-bond donors (Lipinski definition) is 0. The van der Waals surface area contributed by atoms with E-state index in [2.05, 4.69) is 0 Å². The van der Waals surface area contributed by atoms with Crippen LogP contribution in [-0.2, 0) is 4.74 Å². The Hall–Kier alpha value is -0.660. The second-order valence-corrected chi connectivity index (χ2v) is 2.63. The van der Waals surface area contributed by atoms with Crippen molar-refractivity contribution in [3.63, 3.8) is 0 Å². The smallest absolute Gasteiger partial charge is 0.187 e. The van der Waals surface area contributed by atoms with Gasteiger partial charge in [-0.25, -0.2) is 0 Å². The molecule has 0 bridgehead atoms. The fourth-order valence-corrected chi connectivity index (χ4v) is 0.857. The molecular formula is C8H17NO. The van der Waals surface area contributed by atoms with Crippen molar-refractivity contribution in [2.45, 2.75) is 20.8 Å². The van der Waals surface area contributed by atoms with Crippen molar-refractivity contribution in [1.29, 1.82) is 0 Å². The fraction of sp³-hybridized carbons (Fsp3) is 0.750. The summed E-state index contributed by atoms with van der Waals surface area (Å²) in [5.74, 6) is 0.975. The molecule has 0 aliphatic rings. The van der Waals surface area contributed by atoms with Crippen molar-refractivity contribution in [3.8, 4) is 0 Å². The van der Waals surface area contributed by atoms with Gasteiger partial charge in [-0.3, -0.25) is 0 Å². The van der Waals surface area contributed by atoms with Gasteiger partial charge in [-0.05, 0) is 26.3 Å². The highest BCUT2D eigenvalue weighted by atomic mass is 16.5. The zero-order valence-corrected chi connectivity index (χ0v) is 7.56. The lowest BCUT2D eigenvalue weighted by Gasteiger charge is -2.18. The molecule has 60 valence electrons. The van der Waals surface area contributed by atoms with Crippen LogP contribution in [0.3, 0.4) is 0 Å². The molecule has 0 aromatic heterocycles. The summed E-state index contributed by atoms with van der Waals surface area (Å²) < 4.78 is 5.37. The second-order valence-electron chi connectivity index (χ2n) is 2.63. The molecule has 2 heteroatoms. The molecule has 0 atom stereocenters. The van der Waals surface area contributed by atoms with Gasteiger partial charge in [-0.1, -0.05) is 0 Å². The summed E-state index contributed by atoms with van der Waals surface area (Å²) >= 11 is 0. The van der Waals surface area contributed by atoms with Gasteiger partial charge < -0.3 is 9.64 Å². The predicted octanol–water partition coefficient (Wildman–Crippen LogP) is 1.84. The van der Waals surface area contributed by atoms with Gasteiger partial charge in [0.2, 0.25) is 0 Å². The van der Waals surface area contributed by atoms with E-state index < -0.39 is 0 Å². The van der Waals surface area contributed by atoms with E-state index in [1.807, 2.05) is 39.8 Å². The van der Waals surface area contributed by atoms with Gasteiger partial charge >= 0.3 is 0 Å². The Bertz CT molecular complexity index is 123. The summed E-state index contributed by atoms with van der Waals surface area (Å²) in [6, 6.07) is 0. The fourth-order valence-electron chi connectivity index (χ4n) is 0.857. The minimum atomic E-state index is 0.735. The molecule has 0 heterocycles. The summed E-state index contributed by atoms with van der Waals surface area (Å²) in [5.41, 5.74) is 1.21. The van der Waals surface area contributed by atoms with Crippen molar-refractivity contribution in [2.75, 3.05) is 20.7 Å². The van der Waals surface area contributed by atoms with Crippen LogP contribution < -0.4 is 0 Å². The van der Waals surface area contributed by atoms with E-state index >= 15 is 0 Å². The Kier molecular flexibility index (Phi) is 3.93. The van der Waals surface area contributed by atoms with E-state index in [0.29, 0.717) is 0 Å². The Morgan fingerprint density at radius 3 is 1.90 bits per heavy atom. The Labute approximate surface area is 63.5 Å². The first-order chi connectivity index (χ1) is 4.59. The van der Waals surface area contributed by atoms with Crippen molar-refractivity contribution >= 4 is 0 Å². The molecule has 0 rings (SSSR count). The second kappa shape index (κ2) is 4.20. The molecule has 2 nitrogen and oxygen atoms in total. The summed E-state index contributed by atoms with van der Waals surface area (Å²) in [6.45, 7) is 6.82. The Morgan fingerprint density at radius 2 is 1.80 bits per heavy atom. The van der Waals surface area contributed by atoms with Gasteiger partial charge in [0, 0.05) is 14.1 Å². The minimum Gasteiger partial charge on any atom is -0.479 e. The van der Waals surface area contributed by atoms with Crippen LogP contribution in [-0.4, -0.2) is 25.6 Å². The highest BCUT2D eigenvalue weighted by molar-refractivity contribution is 5.00. The van der Waals surface area contributed by atoms with Crippen LogP contribution in [0, 0.1) is 0 Å². The molecule has 0 amide bonds. The first-order valence-corrected chi connectivity index (χ1v) is 3.57. The molecule has 0 aromatic carbocycles. The van der Waals surface area contributed by atoms with E-state index in [1.165, 1.54) is 5.57 Å². The molecule has 0 radical (unpaired) electrons. The zero-order valence-electron chi connectivity index (χ0n) is 7.56. The molecule has 0 aromatic rings. The van der Waals surface area contributed by atoms with Crippen LogP contribution in [0.2, 0.25) is 0 Å². The van der Waals surface area contributed by atoms with Gasteiger partial charge in [0.05, 0.1) is 6.61 Å². The number of hydrogen-bond acceptors (Lipinski definition) is 2. The highest BCUT2D eigenvalue weighted by Gasteiger charge is 2.00. The molecule has 0 fully saturated rings. The molecule has 0 saturated heterocycles. The first kappa shape index (κ1) is 9.34. The number of rotatable bonds is 3. The lowest BCUT2D eigenvalue weighted by atomic mass is 10.3. The maximum atomic E-state index is 5.37. The highest BCUT2D eigenvalue weighted by Crippen LogP contribution is 2.06. The molecule has 0 spiro atoms. The monoisotopic (exact) mass is 143 g/mol. The molecule has 0 N–H and O–H groups in total. The maximum absolute atomic E-state index is 5.37. The van der Waals surface area contributed by atoms with Crippen molar-refractivity contribution in [1.82, 2.24) is 4.90 Å². The standard InChI is InChI=1S/C8H17NO/c1-6-10-8(7(2)3)9(4)5/h6H2,1-5H3. The Balaban J connectivity index is 4.13. The van der Waals surface area contributed by atoms with Crippen LogP contribution in [0.5, 0.6) is 0 Å². The average Bonchev–Trinajstić information content (AvgIpc) is 1.81. The number of ether oxygens (including phenoxy) is 1. The van der Waals surface area contributed by atoms with Crippen LogP contribution in [0.4, 0.5) is 0 Å². The van der Waals surface area contributed by atoms with Gasteiger partial charge in [-0.2, -0.15) is 0 Å². The van der Waals surface area contributed by atoms with Crippen LogP contribution in [0.1, 0.15) is 20.8 Å². The molecule has 10 heavy (non-hydrogen) atoms. The van der Waals surface area contributed by atoms with Gasteiger partial charge in [-0.15, -0.1) is 0 Å². The summed E-state index contributed by atoms with van der Waals surface area (Å²) in [4.78, 5) is 1.98. The van der Waals surface area contributed by atoms with Crippen molar-refractivity contribution in [3.05, 3.63) is 11.5 Å². The SMILES string of the molecule is CCOC(=C(C)C)N(C)C. The zero-order chi connectivity index (χ0) is 8.15. The third kappa shape index (κ3) is 2.76. The van der Waals surface area contributed by atoms with Crippen LogP contribution >= 0.6 is 0 Å². The first-order valence-electron chi connectivity index (χ1n) is 3.57. The predicted molar refractivity (Wildman–Crippen MR) is 43.7 cm³/mol. The van der Waals surface area contributed by atoms with Crippen LogP contribution in [0.25, 0.3) is 0 Å². The van der Waals surface area contributed by atoms with Gasteiger partial charge in [0.1, 0.15) is 0 Å². The van der Waals surface area contributed by atoms with E-state index in [1.54, 1.807) is 0 Å². The molecular weight excluding hydrogens is 126 g/mol. The lowest BCUT2D eigenvalue weighted by molar-refractivity contribution is 0.148. The topological polar surface area (TPSA) is 12.5 Å². The van der Waals surface area contributed by atoms with Crippen molar-refractivity contribution in [2.24, 2.45) is 0 Å². The van der Waals surface area contributed by atoms with E-state index in [9.17, 15) is 0 Å². The van der Waals surface area contributed by atoms with Gasteiger partial charge in [0.15, 0.2) is 5.88 Å². The maximum Gasteiger partial charge on any atom is 0.187 e. The number of nitrogens with zero attached hydrogens (tertiary/aromatic N) is 1. The van der Waals surface area contributed by atoms with E-state index in [4.69, 9.17) is 4.74 Å². The third-order valence-electron chi connectivity index (χ3n) is 1.11.